The first-order chi connectivity index (χ1) is 16.0. The maximum absolute atomic E-state index is 13.2. The lowest BCUT2D eigenvalue weighted by atomic mass is 9.99. The van der Waals surface area contributed by atoms with Crippen LogP contribution in [0.25, 0.3) is 5.76 Å². The first kappa shape index (κ1) is 20.5. The number of ether oxygens (including phenoxy) is 4. The van der Waals surface area contributed by atoms with Crippen LogP contribution in [0.3, 0.4) is 0 Å². The number of amides is 1. The second-order valence-corrected chi connectivity index (χ2v) is 7.29. The smallest absolute Gasteiger partial charge is 0.300 e. The van der Waals surface area contributed by atoms with E-state index in [0.29, 0.717) is 34.4 Å². The second-order valence-electron chi connectivity index (χ2n) is 7.29. The van der Waals surface area contributed by atoms with Crippen molar-refractivity contribution in [1.82, 2.24) is 0 Å². The molecule has 0 bridgehead atoms. The van der Waals surface area contributed by atoms with Gasteiger partial charge in [-0.2, -0.15) is 0 Å². The lowest BCUT2D eigenvalue weighted by Gasteiger charge is -2.23. The van der Waals surface area contributed by atoms with Crippen LogP contribution < -0.4 is 23.8 Å². The van der Waals surface area contributed by atoms with E-state index in [4.69, 9.17) is 23.4 Å². The van der Waals surface area contributed by atoms with Gasteiger partial charge in [-0.15, -0.1) is 0 Å². The number of fused-ring (bicyclic) bond motifs is 1. The van der Waals surface area contributed by atoms with E-state index in [1.807, 2.05) is 0 Å². The molecule has 1 fully saturated rings. The van der Waals surface area contributed by atoms with Crippen LogP contribution in [0.5, 0.6) is 23.0 Å². The quantitative estimate of drug-likeness (QED) is 0.357. The molecule has 0 aliphatic carbocycles. The van der Waals surface area contributed by atoms with Crippen molar-refractivity contribution in [3.05, 3.63) is 71.7 Å². The molecule has 0 radical (unpaired) electrons. The van der Waals surface area contributed by atoms with Crippen LogP contribution in [0.1, 0.15) is 17.4 Å². The van der Waals surface area contributed by atoms with Crippen molar-refractivity contribution in [3.63, 3.8) is 0 Å². The molecule has 9 heteroatoms. The summed E-state index contributed by atoms with van der Waals surface area (Å²) in [6, 6.07) is 11.9. The minimum absolute atomic E-state index is 0.0680. The van der Waals surface area contributed by atoms with Crippen LogP contribution in [0, 0.1) is 0 Å². The summed E-state index contributed by atoms with van der Waals surface area (Å²) in [5, 5.41) is 11.2. The van der Waals surface area contributed by atoms with Gasteiger partial charge >= 0.3 is 0 Å². The van der Waals surface area contributed by atoms with Crippen molar-refractivity contribution in [2.24, 2.45) is 0 Å². The topological polar surface area (TPSA) is 108 Å². The zero-order chi connectivity index (χ0) is 23.1. The zero-order valence-corrected chi connectivity index (χ0v) is 17.7. The van der Waals surface area contributed by atoms with Gasteiger partial charge in [0.2, 0.25) is 6.79 Å². The van der Waals surface area contributed by atoms with Crippen LogP contribution in [0.2, 0.25) is 0 Å². The van der Waals surface area contributed by atoms with Crippen molar-refractivity contribution in [3.8, 4) is 23.0 Å². The third-order valence-corrected chi connectivity index (χ3v) is 5.55. The summed E-state index contributed by atoms with van der Waals surface area (Å²) in [5.41, 5.74) is 0.571. The number of aliphatic hydroxyl groups excluding tert-OH is 1. The molecule has 5 rings (SSSR count). The maximum atomic E-state index is 13.2. The molecule has 1 N–H and O–H groups in total. The number of carbonyl (C=O) groups excluding carboxylic acids is 2. The fourth-order valence-corrected chi connectivity index (χ4v) is 3.99. The van der Waals surface area contributed by atoms with Crippen molar-refractivity contribution in [1.29, 1.82) is 0 Å². The summed E-state index contributed by atoms with van der Waals surface area (Å²) < 4.78 is 26.9. The molecule has 1 unspecified atom stereocenters. The molecule has 0 spiro atoms. The van der Waals surface area contributed by atoms with Crippen LogP contribution in [-0.4, -0.2) is 37.8 Å². The molecule has 1 saturated heterocycles. The SMILES string of the molecule is COc1ccc(/C(O)=C2/C(=O)C(=O)N(c3ccc4c(c3)OCO4)C2c2ccco2)cc1OC. The second kappa shape index (κ2) is 7.94. The fourth-order valence-electron chi connectivity index (χ4n) is 3.99. The number of ketones is 1. The molecular formula is C24H19NO8. The molecule has 3 aromatic rings. The van der Waals surface area contributed by atoms with Gasteiger partial charge in [-0.05, 0) is 42.5 Å². The van der Waals surface area contributed by atoms with Gasteiger partial charge in [-0.3, -0.25) is 14.5 Å². The molecule has 2 aliphatic heterocycles. The molecule has 1 amide bonds. The molecule has 0 saturated carbocycles. The summed E-state index contributed by atoms with van der Waals surface area (Å²) in [7, 11) is 2.95. The Hall–Kier alpha value is -4.40. The fraction of sp³-hybridized carbons (Fsp3) is 0.167. The van der Waals surface area contributed by atoms with Crippen molar-refractivity contribution in [2.75, 3.05) is 25.9 Å². The predicted octanol–water partition coefficient (Wildman–Crippen LogP) is 3.65. The van der Waals surface area contributed by atoms with E-state index in [1.165, 1.54) is 31.4 Å². The Morgan fingerprint density at radius 2 is 1.79 bits per heavy atom. The molecule has 1 aromatic heterocycles. The van der Waals surface area contributed by atoms with Crippen molar-refractivity contribution >= 4 is 23.1 Å². The predicted molar refractivity (Wildman–Crippen MR) is 116 cm³/mol. The number of hydrogen-bond donors (Lipinski definition) is 1. The average molecular weight is 449 g/mol. The Balaban J connectivity index is 1.67. The van der Waals surface area contributed by atoms with Crippen LogP contribution >= 0.6 is 0 Å². The molecule has 9 nitrogen and oxygen atoms in total. The first-order valence-corrected chi connectivity index (χ1v) is 10.00. The molecule has 33 heavy (non-hydrogen) atoms. The number of carbonyl (C=O) groups is 2. The molecule has 2 aromatic carbocycles. The normalized spacial score (nSPS) is 18.6. The minimum atomic E-state index is -0.992. The number of benzene rings is 2. The largest absolute Gasteiger partial charge is 0.507 e. The van der Waals surface area contributed by atoms with E-state index in [1.54, 1.807) is 42.5 Å². The summed E-state index contributed by atoms with van der Waals surface area (Å²) in [6.07, 6.45) is 1.44. The zero-order valence-electron chi connectivity index (χ0n) is 17.7. The van der Waals surface area contributed by atoms with E-state index >= 15 is 0 Å². The van der Waals surface area contributed by atoms with Crippen LogP contribution in [0.15, 0.2) is 64.8 Å². The Morgan fingerprint density at radius 3 is 2.52 bits per heavy atom. The van der Waals surface area contributed by atoms with Gasteiger partial charge < -0.3 is 28.5 Å². The van der Waals surface area contributed by atoms with Gasteiger partial charge in [0.25, 0.3) is 11.7 Å². The lowest BCUT2D eigenvalue weighted by Crippen LogP contribution is -2.29. The van der Waals surface area contributed by atoms with E-state index in [0.717, 1.165) is 0 Å². The molecule has 168 valence electrons. The summed E-state index contributed by atoms with van der Waals surface area (Å²) in [5.74, 6) is 0.104. The molecule has 3 heterocycles. The van der Waals surface area contributed by atoms with Gasteiger partial charge in [0.15, 0.2) is 23.0 Å². The van der Waals surface area contributed by atoms with Gasteiger partial charge in [0.05, 0.1) is 26.1 Å². The third-order valence-electron chi connectivity index (χ3n) is 5.55. The standard InChI is InChI=1S/C24H19NO8/c1-29-15-7-5-13(10-18(15)30-2)22(26)20-21(17-4-3-9-31-17)25(24(28)23(20)27)14-6-8-16-19(11-14)33-12-32-16/h3-11,21,26H,12H2,1-2H3/b22-20-. The van der Waals surface area contributed by atoms with Gasteiger partial charge in [0.1, 0.15) is 17.6 Å². The first-order valence-electron chi connectivity index (χ1n) is 10.00. The van der Waals surface area contributed by atoms with Gasteiger partial charge in [-0.25, -0.2) is 0 Å². The number of hydrogen-bond acceptors (Lipinski definition) is 8. The highest BCUT2D eigenvalue weighted by molar-refractivity contribution is 6.51. The number of Topliss-reactive ketones (excluding diaryl/α,β-unsaturated/α-hetero) is 1. The van der Waals surface area contributed by atoms with Crippen molar-refractivity contribution in [2.45, 2.75) is 6.04 Å². The number of methoxy groups -OCH3 is 2. The van der Waals surface area contributed by atoms with E-state index < -0.39 is 17.7 Å². The number of aliphatic hydroxyl groups is 1. The summed E-state index contributed by atoms with van der Waals surface area (Å²) in [4.78, 5) is 27.6. The Bertz CT molecular complexity index is 1280. The highest BCUT2D eigenvalue weighted by Gasteiger charge is 2.48. The highest BCUT2D eigenvalue weighted by atomic mass is 16.7. The minimum Gasteiger partial charge on any atom is -0.507 e. The van der Waals surface area contributed by atoms with Gasteiger partial charge in [-0.1, -0.05) is 0 Å². The number of furan rings is 1. The molecule has 2 aliphatic rings. The monoisotopic (exact) mass is 449 g/mol. The average Bonchev–Trinajstić information content (AvgIpc) is 3.58. The Kier molecular flexibility index (Phi) is 4.93. The number of anilines is 1. The number of rotatable bonds is 5. The van der Waals surface area contributed by atoms with Gasteiger partial charge in [0, 0.05) is 17.3 Å². The van der Waals surface area contributed by atoms with E-state index in [-0.39, 0.29) is 23.7 Å². The third kappa shape index (κ3) is 3.25. The molecular weight excluding hydrogens is 430 g/mol. The highest BCUT2D eigenvalue weighted by Crippen LogP contribution is 2.45. The molecule has 1 atom stereocenters. The van der Waals surface area contributed by atoms with Crippen LogP contribution in [0.4, 0.5) is 5.69 Å². The van der Waals surface area contributed by atoms with Crippen LogP contribution in [-0.2, 0) is 9.59 Å². The Morgan fingerprint density at radius 1 is 1.00 bits per heavy atom. The van der Waals surface area contributed by atoms with Crippen molar-refractivity contribution < 1.29 is 38.1 Å². The summed E-state index contributed by atoms with van der Waals surface area (Å²) >= 11 is 0. The number of nitrogens with zero attached hydrogens (tertiary/aromatic N) is 1. The lowest BCUT2D eigenvalue weighted by molar-refractivity contribution is -0.132. The maximum Gasteiger partial charge on any atom is 0.300 e. The van der Waals surface area contributed by atoms with E-state index in [9.17, 15) is 14.7 Å². The van der Waals surface area contributed by atoms with E-state index in [2.05, 4.69) is 0 Å². The Labute approximate surface area is 188 Å². The summed E-state index contributed by atoms with van der Waals surface area (Å²) in [6.45, 7) is 0.0680.